The van der Waals surface area contributed by atoms with E-state index in [1.165, 1.54) is 34.5 Å². The van der Waals surface area contributed by atoms with Gasteiger partial charge in [-0.25, -0.2) is 0 Å². The van der Waals surface area contributed by atoms with Crippen LogP contribution >= 0.6 is 0 Å². The average molecular weight is 745 g/mol. The summed E-state index contributed by atoms with van der Waals surface area (Å²) in [5.74, 6) is 0.824. The van der Waals surface area contributed by atoms with E-state index < -0.39 is 80.7 Å². The fourth-order valence-corrected chi connectivity index (χ4v) is 5.72. The lowest BCUT2D eigenvalue weighted by Crippen LogP contribution is -2.60. The van der Waals surface area contributed by atoms with Gasteiger partial charge in [0.2, 0.25) is 17.8 Å². The standard InChI is InChI=1S/C34H48O18/c1-44-19-9-16(6-5-7-35)10-20(45-2)31(19)49-18(15-48-33-29(42)27(40)25(38)23(13-36)50-33)8-17-11-21(46-3)32(22(12-17)47-4)52-34-30(43)28(41)26(39)24(14-37)51-34/h5-6,9-12,18,23-30,33-43H,7-8,13-15H2,1-4H3/t18-,23-,24-,25-,26-,27+,28+,29-,30-,33-,34+/m1/s1. The van der Waals surface area contributed by atoms with Crippen LogP contribution in [-0.4, -0.2) is 168 Å². The van der Waals surface area contributed by atoms with Crippen molar-refractivity contribution in [1.82, 2.24) is 0 Å². The van der Waals surface area contributed by atoms with Crippen LogP contribution in [0.4, 0.5) is 0 Å². The lowest BCUT2D eigenvalue weighted by molar-refractivity contribution is -0.304. The van der Waals surface area contributed by atoms with Crippen molar-refractivity contribution in [2.24, 2.45) is 0 Å². The van der Waals surface area contributed by atoms with Gasteiger partial charge in [-0.15, -0.1) is 0 Å². The molecule has 9 N–H and O–H groups in total. The van der Waals surface area contributed by atoms with Crippen molar-refractivity contribution in [1.29, 1.82) is 0 Å². The molecule has 2 aromatic carbocycles. The first-order chi connectivity index (χ1) is 24.9. The summed E-state index contributed by atoms with van der Waals surface area (Å²) in [5, 5.41) is 90.6. The highest BCUT2D eigenvalue weighted by Crippen LogP contribution is 2.43. The molecule has 0 spiro atoms. The van der Waals surface area contributed by atoms with E-state index in [9.17, 15) is 46.0 Å². The van der Waals surface area contributed by atoms with Gasteiger partial charge in [0.15, 0.2) is 29.3 Å². The minimum absolute atomic E-state index is 0.0307. The second kappa shape index (κ2) is 19.0. The van der Waals surface area contributed by atoms with Gasteiger partial charge >= 0.3 is 0 Å². The van der Waals surface area contributed by atoms with E-state index in [1.807, 2.05) is 0 Å². The highest BCUT2D eigenvalue weighted by Gasteiger charge is 2.46. The third-order valence-corrected chi connectivity index (χ3v) is 8.54. The maximum atomic E-state index is 10.6. The van der Waals surface area contributed by atoms with Gasteiger partial charge < -0.3 is 88.6 Å². The number of methoxy groups -OCH3 is 4. The summed E-state index contributed by atoms with van der Waals surface area (Å²) < 4.78 is 51.5. The summed E-state index contributed by atoms with van der Waals surface area (Å²) in [4.78, 5) is 0. The van der Waals surface area contributed by atoms with Crippen molar-refractivity contribution in [3.8, 4) is 34.5 Å². The van der Waals surface area contributed by atoms with Crippen LogP contribution in [-0.2, 0) is 20.6 Å². The zero-order chi connectivity index (χ0) is 38.1. The molecule has 0 aromatic heterocycles. The second-order valence-corrected chi connectivity index (χ2v) is 12.0. The van der Waals surface area contributed by atoms with Gasteiger partial charge in [-0.2, -0.15) is 0 Å². The summed E-state index contributed by atoms with van der Waals surface area (Å²) >= 11 is 0. The Balaban J connectivity index is 1.68. The first kappa shape index (κ1) is 41.3. The van der Waals surface area contributed by atoms with E-state index in [0.717, 1.165) is 0 Å². The van der Waals surface area contributed by atoms with Crippen LogP contribution in [0, 0.1) is 0 Å². The van der Waals surface area contributed by atoms with Crippen LogP contribution in [0.15, 0.2) is 30.3 Å². The molecule has 0 bridgehead atoms. The number of rotatable bonds is 17. The van der Waals surface area contributed by atoms with E-state index >= 15 is 0 Å². The predicted molar refractivity (Wildman–Crippen MR) is 177 cm³/mol. The Morgan fingerprint density at radius 1 is 0.635 bits per heavy atom. The summed E-state index contributed by atoms with van der Waals surface area (Å²) in [7, 11) is 5.53. The number of hydrogen-bond acceptors (Lipinski definition) is 18. The van der Waals surface area contributed by atoms with Crippen LogP contribution in [0.1, 0.15) is 11.1 Å². The molecule has 2 aliphatic rings. The maximum Gasteiger partial charge on any atom is 0.229 e. The van der Waals surface area contributed by atoms with Gasteiger partial charge in [-0.1, -0.05) is 12.2 Å². The molecular weight excluding hydrogens is 696 g/mol. The molecular formula is C34H48O18. The molecule has 52 heavy (non-hydrogen) atoms. The Bertz CT molecular complexity index is 1400. The van der Waals surface area contributed by atoms with E-state index in [4.69, 9.17) is 42.6 Å². The molecule has 292 valence electrons. The molecule has 4 rings (SSSR count). The van der Waals surface area contributed by atoms with Gasteiger partial charge in [0.25, 0.3) is 0 Å². The highest BCUT2D eigenvalue weighted by atomic mass is 16.7. The van der Waals surface area contributed by atoms with Crippen LogP contribution in [0.5, 0.6) is 34.5 Å². The van der Waals surface area contributed by atoms with Crippen molar-refractivity contribution in [3.05, 3.63) is 41.5 Å². The van der Waals surface area contributed by atoms with E-state index in [-0.39, 0.29) is 54.1 Å². The van der Waals surface area contributed by atoms with E-state index in [2.05, 4.69) is 0 Å². The van der Waals surface area contributed by atoms with Gasteiger partial charge in [0.05, 0.1) is 54.9 Å². The summed E-state index contributed by atoms with van der Waals surface area (Å²) in [6.07, 6.45) is -13.1. The summed E-state index contributed by atoms with van der Waals surface area (Å²) in [5.41, 5.74) is 1.14. The zero-order valence-corrected chi connectivity index (χ0v) is 29.0. The SMILES string of the molecule is COc1cc(C=CCO)cc(OC)c1O[C@@H](CO[C@@H]1O[C@H](CO)[C@@H](O)[C@H](O)[C@H]1O)Cc1cc(OC)c(O[C@@H]2O[C@H](CO)[C@@H](O)[C@H](O)[C@H]2O)c(OC)c1. The van der Waals surface area contributed by atoms with Crippen molar-refractivity contribution in [2.45, 2.75) is 73.9 Å². The van der Waals surface area contributed by atoms with Gasteiger partial charge in [0.1, 0.15) is 54.9 Å². The predicted octanol–water partition coefficient (Wildman–Crippen LogP) is -2.29. The lowest BCUT2D eigenvalue weighted by atomic mass is 9.99. The highest BCUT2D eigenvalue weighted by molar-refractivity contribution is 5.62. The average Bonchev–Trinajstić information content (AvgIpc) is 3.16. The van der Waals surface area contributed by atoms with Crippen molar-refractivity contribution >= 4 is 6.08 Å². The topological polar surface area (TPSA) is 265 Å². The largest absolute Gasteiger partial charge is 0.493 e. The Morgan fingerprint density at radius 3 is 1.60 bits per heavy atom. The molecule has 2 aliphatic heterocycles. The molecule has 0 unspecified atom stereocenters. The molecule has 18 nitrogen and oxygen atoms in total. The lowest BCUT2D eigenvalue weighted by Gasteiger charge is -2.40. The fraction of sp³-hybridized carbons (Fsp3) is 0.588. The molecule has 18 heteroatoms. The molecule has 0 aliphatic carbocycles. The van der Waals surface area contributed by atoms with Crippen LogP contribution in [0.2, 0.25) is 0 Å². The van der Waals surface area contributed by atoms with E-state index in [0.29, 0.717) is 11.1 Å². The van der Waals surface area contributed by atoms with Crippen LogP contribution in [0.25, 0.3) is 6.08 Å². The molecule has 11 atom stereocenters. The molecule has 0 saturated carbocycles. The summed E-state index contributed by atoms with van der Waals surface area (Å²) in [6, 6.07) is 6.42. The first-order valence-corrected chi connectivity index (χ1v) is 16.3. The van der Waals surface area contributed by atoms with Crippen molar-refractivity contribution < 1.29 is 88.6 Å². The van der Waals surface area contributed by atoms with Crippen molar-refractivity contribution in [3.63, 3.8) is 0 Å². The Hall–Kier alpha value is -3.50. The van der Waals surface area contributed by atoms with Gasteiger partial charge in [-0.3, -0.25) is 0 Å². The third kappa shape index (κ3) is 9.34. The minimum atomic E-state index is -1.71. The third-order valence-electron chi connectivity index (χ3n) is 8.54. The molecule has 2 aromatic rings. The number of hydrogen-bond donors (Lipinski definition) is 9. The smallest absolute Gasteiger partial charge is 0.229 e. The van der Waals surface area contributed by atoms with E-state index in [1.54, 1.807) is 30.3 Å². The molecule has 2 saturated heterocycles. The summed E-state index contributed by atoms with van der Waals surface area (Å²) in [6.45, 7) is -1.83. The number of aliphatic hydroxyl groups excluding tert-OH is 9. The second-order valence-electron chi connectivity index (χ2n) is 12.0. The molecule has 2 fully saturated rings. The maximum absolute atomic E-state index is 10.6. The fourth-order valence-electron chi connectivity index (χ4n) is 5.72. The number of aliphatic hydroxyl groups is 9. The quantitative estimate of drug-likeness (QED) is 0.0825. The number of ether oxygens (including phenoxy) is 9. The molecule has 2 heterocycles. The monoisotopic (exact) mass is 744 g/mol. The Morgan fingerprint density at radius 2 is 1.12 bits per heavy atom. The zero-order valence-electron chi connectivity index (χ0n) is 29.0. The van der Waals surface area contributed by atoms with Gasteiger partial charge in [-0.05, 0) is 35.4 Å². The Labute approximate surface area is 299 Å². The normalized spacial score (nSPS) is 29.8. The van der Waals surface area contributed by atoms with Gasteiger partial charge in [0, 0.05) is 6.42 Å². The number of benzene rings is 2. The van der Waals surface area contributed by atoms with Crippen LogP contribution in [0.3, 0.4) is 0 Å². The van der Waals surface area contributed by atoms with Crippen LogP contribution < -0.4 is 28.4 Å². The Kier molecular flexibility index (Phi) is 15.1. The van der Waals surface area contributed by atoms with Crippen molar-refractivity contribution in [2.75, 3.05) is 54.9 Å². The molecule has 0 radical (unpaired) electrons. The molecule has 0 amide bonds. The minimum Gasteiger partial charge on any atom is -0.493 e. The first-order valence-electron chi connectivity index (χ1n) is 16.3.